The monoisotopic (exact) mass is 788 g/mol. The first kappa shape index (κ1) is 41.0. The van der Waals surface area contributed by atoms with Crippen molar-refractivity contribution in [2.75, 3.05) is 20.3 Å². The van der Waals surface area contributed by atoms with Gasteiger partial charge in [0.15, 0.2) is 17.0 Å². The van der Waals surface area contributed by atoms with Crippen LogP contribution in [0.5, 0.6) is 11.5 Å². The summed E-state index contributed by atoms with van der Waals surface area (Å²) in [4.78, 5) is 61.1. The average molecular weight is 789 g/mol. The molecule has 16 heteroatoms. The third-order valence-corrected chi connectivity index (χ3v) is 11.0. The molecule has 13 nitrogen and oxygen atoms in total. The van der Waals surface area contributed by atoms with Crippen LogP contribution in [0.15, 0.2) is 30.4 Å². The summed E-state index contributed by atoms with van der Waals surface area (Å²) in [6.45, 7) is 7.63. The van der Waals surface area contributed by atoms with Gasteiger partial charge in [-0.05, 0) is 65.7 Å². The Labute approximate surface area is 323 Å². The Balaban J connectivity index is 1.46. The third-order valence-electron chi connectivity index (χ3n) is 11.0. The lowest BCUT2D eigenvalue weighted by atomic mass is 9.71. The number of alkyl halides is 3. The van der Waals surface area contributed by atoms with E-state index in [0.29, 0.717) is 18.6 Å². The van der Waals surface area contributed by atoms with Crippen LogP contribution in [0.25, 0.3) is 10.9 Å². The number of hydrogen-bond donors (Lipinski definition) is 3. The van der Waals surface area contributed by atoms with Gasteiger partial charge >= 0.3 is 18.2 Å². The molecule has 2 saturated heterocycles. The number of carbonyl (C=O) groups is 4. The van der Waals surface area contributed by atoms with Gasteiger partial charge in [0.25, 0.3) is 0 Å². The molecule has 56 heavy (non-hydrogen) atoms. The highest BCUT2D eigenvalue weighted by molar-refractivity contribution is 5.97. The number of halogens is 3. The minimum Gasteiger partial charge on any atom is -0.497 e. The Hall–Kier alpha value is -4.60. The number of esters is 1. The van der Waals surface area contributed by atoms with Gasteiger partial charge < -0.3 is 39.6 Å². The van der Waals surface area contributed by atoms with Gasteiger partial charge in [-0.25, -0.2) is 14.6 Å². The molecule has 2 aromatic rings. The second-order valence-electron chi connectivity index (χ2n) is 16.6. The first-order valence-corrected chi connectivity index (χ1v) is 19.2. The number of carbonyl (C=O) groups excluding carboxylic acids is 4. The van der Waals surface area contributed by atoms with Gasteiger partial charge in [-0.1, -0.05) is 44.3 Å². The molecule has 6 atom stereocenters. The summed E-state index contributed by atoms with van der Waals surface area (Å²) in [5, 5.41) is 17.9. The van der Waals surface area contributed by atoms with Crippen LogP contribution in [0, 0.1) is 5.92 Å². The number of alkyl carbamates (subject to hydrolysis) is 1. The number of aliphatic hydroxyl groups is 1. The van der Waals surface area contributed by atoms with Crippen molar-refractivity contribution in [3.8, 4) is 11.5 Å². The summed E-state index contributed by atoms with van der Waals surface area (Å²) in [6, 6.07) is 1.70. The van der Waals surface area contributed by atoms with Crippen LogP contribution in [0.2, 0.25) is 0 Å². The fourth-order valence-corrected chi connectivity index (χ4v) is 8.60. The molecule has 2 fully saturated rings. The standard InChI is InChI=1S/C40H51F3N4O9/c1-7-54-34(50)39-18-17-23(39)13-11-9-8-10-12-14-27(45-35(51)56-36(2,3)4)33(49)47-22-38(20-28(47)32(48)46-39)21-37(5,52)29-25-19-24(53-6)15-16-26(25)44-31(30(29)55-38)40(41,42)43/h15-19,23,27-28,52H,7-14,20-22H2,1-6H3,(H,45,51)(H,46,48)/t23-,27+,28+,37?,38+,39-/m1/s1. The zero-order valence-corrected chi connectivity index (χ0v) is 32.6. The van der Waals surface area contributed by atoms with Crippen LogP contribution in [0.4, 0.5) is 18.0 Å². The summed E-state index contributed by atoms with van der Waals surface area (Å²) >= 11 is 0. The summed E-state index contributed by atoms with van der Waals surface area (Å²) in [5.74, 6) is -2.95. The van der Waals surface area contributed by atoms with Gasteiger partial charge in [0, 0.05) is 29.7 Å². The highest BCUT2D eigenvalue weighted by Crippen LogP contribution is 2.54. The van der Waals surface area contributed by atoms with Gasteiger partial charge in [0.2, 0.25) is 11.8 Å². The molecule has 1 aromatic carbocycles. The zero-order chi connectivity index (χ0) is 40.8. The van der Waals surface area contributed by atoms with Gasteiger partial charge in [0.1, 0.15) is 29.0 Å². The van der Waals surface area contributed by atoms with Crippen LogP contribution < -0.4 is 20.1 Å². The lowest BCUT2D eigenvalue weighted by molar-refractivity contribution is -0.155. The first-order chi connectivity index (χ1) is 26.2. The average Bonchev–Trinajstić information content (AvgIpc) is 3.45. The summed E-state index contributed by atoms with van der Waals surface area (Å²) < 4.78 is 67.1. The number of methoxy groups -OCH3 is 1. The lowest BCUT2D eigenvalue weighted by Gasteiger charge is -2.44. The van der Waals surface area contributed by atoms with E-state index in [1.54, 1.807) is 33.8 Å². The predicted octanol–water partition coefficient (Wildman–Crippen LogP) is 5.83. The molecule has 0 bridgehead atoms. The molecular weight excluding hydrogens is 737 g/mol. The van der Waals surface area contributed by atoms with Crippen molar-refractivity contribution in [1.82, 2.24) is 20.5 Å². The number of benzene rings is 1. The SMILES string of the molecule is CCOC(=O)[C@@]12C=C[C@H]1CCCCCCC[C@H](NC(=O)OC(C)(C)C)C(=O)N1C[C@]3(C[C@H]1C(=O)N2)CC(C)(O)c1c(c(C(F)(F)F)nc2ccc(OC)cc12)O3. The molecule has 306 valence electrons. The smallest absolute Gasteiger partial charge is 0.437 e. The summed E-state index contributed by atoms with van der Waals surface area (Å²) in [7, 11) is 1.40. The number of aromatic nitrogens is 1. The van der Waals surface area contributed by atoms with Crippen LogP contribution >= 0.6 is 0 Å². The molecular formula is C40H51F3N4O9. The van der Waals surface area contributed by atoms with Crippen molar-refractivity contribution in [3.63, 3.8) is 0 Å². The molecule has 3 N–H and O–H groups in total. The molecule has 4 heterocycles. The van der Waals surface area contributed by atoms with Gasteiger partial charge in [-0.3, -0.25) is 9.59 Å². The largest absolute Gasteiger partial charge is 0.497 e. The Kier molecular flexibility index (Phi) is 11.0. The normalized spacial score (nSPS) is 29.8. The Morgan fingerprint density at radius 3 is 2.43 bits per heavy atom. The second-order valence-corrected chi connectivity index (χ2v) is 16.6. The second kappa shape index (κ2) is 15.1. The molecule has 1 spiro atoms. The predicted molar refractivity (Wildman–Crippen MR) is 197 cm³/mol. The number of nitrogens with one attached hydrogen (secondary N) is 2. The number of fused-ring (bicyclic) bond motifs is 5. The molecule has 0 radical (unpaired) electrons. The Morgan fingerprint density at radius 2 is 1.80 bits per heavy atom. The van der Waals surface area contributed by atoms with E-state index in [4.69, 9.17) is 18.9 Å². The van der Waals surface area contributed by atoms with Crippen LogP contribution in [0.3, 0.4) is 0 Å². The van der Waals surface area contributed by atoms with E-state index in [1.807, 2.05) is 6.08 Å². The van der Waals surface area contributed by atoms with Gasteiger partial charge in [-0.2, -0.15) is 13.2 Å². The Bertz CT molecular complexity index is 1910. The van der Waals surface area contributed by atoms with Crippen LogP contribution in [0.1, 0.15) is 104 Å². The zero-order valence-electron chi connectivity index (χ0n) is 32.6. The summed E-state index contributed by atoms with van der Waals surface area (Å²) in [5.41, 5.74) is -7.77. The van der Waals surface area contributed by atoms with E-state index in [9.17, 15) is 37.5 Å². The topological polar surface area (TPSA) is 166 Å². The van der Waals surface area contributed by atoms with Crippen molar-refractivity contribution in [2.24, 2.45) is 5.92 Å². The van der Waals surface area contributed by atoms with Crippen molar-refractivity contribution < 1.29 is 56.4 Å². The maximum Gasteiger partial charge on any atom is 0.437 e. The van der Waals surface area contributed by atoms with E-state index < -0.39 is 88.4 Å². The molecule has 0 saturated carbocycles. The maximum absolute atomic E-state index is 14.8. The number of amides is 3. The molecule has 4 aliphatic rings. The number of hydrogen-bond acceptors (Lipinski definition) is 10. The highest BCUT2D eigenvalue weighted by Gasteiger charge is 2.60. The van der Waals surface area contributed by atoms with Crippen LogP contribution in [-0.2, 0) is 35.6 Å². The summed E-state index contributed by atoms with van der Waals surface area (Å²) in [6.07, 6.45) is 1.24. The van der Waals surface area contributed by atoms with E-state index in [1.165, 1.54) is 37.1 Å². The highest BCUT2D eigenvalue weighted by atomic mass is 19.4. The third kappa shape index (κ3) is 7.98. The first-order valence-electron chi connectivity index (χ1n) is 19.2. The van der Waals surface area contributed by atoms with E-state index in [0.717, 1.165) is 25.7 Å². The van der Waals surface area contributed by atoms with Gasteiger partial charge in [-0.15, -0.1) is 0 Å². The fourth-order valence-electron chi connectivity index (χ4n) is 8.60. The van der Waals surface area contributed by atoms with Crippen molar-refractivity contribution in [1.29, 1.82) is 0 Å². The molecule has 1 aliphatic carbocycles. The fraction of sp³-hybridized carbons (Fsp3) is 0.625. The van der Waals surface area contributed by atoms with E-state index in [2.05, 4.69) is 15.6 Å². The number of nitrogens with zero attached hydrogens (tertiary/aromatic N) is 2. The van der Waals surface area contributed by atoms with Crippen molar-refractivity contribution >= 4 is 34.8 Å². The molecule has 1 aromatic heterocycles. The quantitative estimate of drug-likeness (QED) is 0.254. The maximum atomic E-state index is 14.8. The number of rotatable bonds is 4. The van der Waals surface area contributed by atoms with Crippen molar-refractivity contribution in [2.45, 2.75) is 133 Å². The molecule has 3 amide bonds. The number of ether oxygens (including phenoxy) is 4. The molecule has 3 aliphatic heterocycles. The minimum atomic E-state index is -5.03. The lowest BCUT2D eigenvalue weighted by Crippen LogP contribution is -2.65. The van der Waals surface area contributed by atoms with E-state index in [-0.39, 0.29) is 42.3 Å². The number of pyridine rings is 1. The van der Waals surface area contributed by atoms with Crippen LogP contribution in [-0.4, -0.2) is 88.0 Å². The van der Waals surface area contributed by atoms with Crippen molar-refractivity contribution in [3.05, 3.63) is 41.6 Å². The van der Waals surface area contributed by atoms with E-state index >= 15 is 0 Å². The molecule has 1 unspecified atom stereocenters. The molecule has 6 rings (SSSR count). The minimum absolute atomic E-state index is 0.0463. The Morgan fingerprint density at radius 1 is 1.11 bits per heavy atom. The van der Waals surface area contributed by atoms with Gasteiger partial charge in [0.05, 0.1) is 31.4 Å².